The van der Waals surface area contributed by atoms with E-state index in [4.69, 9.17) is 4.42 Å². The Balaban J connectivity index is 1.81. The van der Waals surface area contributed by atoms with Crippen molar-refractivity contribution in [1.82, 2.24) is 4.68 Å². The molecule has 0 bridgehead atoms. The van der Waals surface area contributed by atoms with Crippen LogP contribution in [0, 0.1) is 15.9 Å². The van der Waals surface area contributed by atoms with Crippen LogP contribution in [0.1, 0.15) is 5.76 Å². The van der Waals surface area contributed by atoms with Crippen LogP contribution in [0.2, 0.25) is 0 Å². The molecule has 0 aliphatic rings. The van der Waals surface area contributed by atoms with E-state index in [9.17, 15) is 14.5 Å². The van der Waals surface area contributed by atoms with Crippen LogP contribution >= 0.6 is 27.3 Å². The lowest BCUT2D eigenvalue weighted by Crippen LogP contribution is -2.11. The fraction of sp³-hybridized carbons (Fsp3) is 0. The molecule has 7 nitrogen and oxygen atoms in total. The molecule has 2 heterocycles. The minimum absolute atomic E-state index is 0.230. The van der Waals surface area contributed by atoms with Gasteiger partial charge in [0.15, 0.2) is 5.76 Å². The predicted molar refractivity (Wildman–Crippen MR) is 115 cm³/mol. The minimum Gasteiger partial charge on any atom is -0.400 e. The van der Waals surface area contributed by atoms with Crippen LogP contribution in [0.3, 0.4) is 0 Å². The molecule has 0 aliphatic carbocycles. The number of furan rings is 1. The summed E-state index contributed by atoms with van der Waals surface area (Å²) in [6.07, 6.45) is 1.38. The Morgan fingerprint density at radius 1 is 1.17 bits per heavy atom. The second-order valence-electron chi connectivity index (χ2n) is 5.99. The number of aromatic nitrogens is 1. The van der Waals surface area contributed by atoms with Crippen molar-refractivity contribution in [2.45, 2.75) is 0 Å². The van der Waals surface area contributed by atoms with Crippen molar-refractivity contribution in [3.8, 4) is 11.3 Å². The van der Waals surface area contributed by atoms with Gasteiger partial charge in [0.2, 0.25) is 4.80 Å². The van der Waals surface area contributed by atoms with E-state index in [0.717, 1.165) is 15.7 Å². The Morgan fingerprint density at radius 3 is 2.67 bits per heavy atom. The quantitative estimate of drug-likeness (QED) is 0.205. The first-order valence-electron chi connectivity index (χ1n) is 8.55. The highest BCUT2D eigenvalue weighted by molar-refractivity contribution is 9.10. The van der Waals surface area contributed by atoms with E-state index in [1.54, 1.807) is 16.8 Å². The van der Waals surface area contributed by atoms with Crippen LogP contribution in [-0.2, 0) is 0 Å². The summed E-state index contributed by atoms with van der Waals surface area (Å²) >= 11 is 4.82. The Bertz CT molecular complexity index is 1310. The van der Waals surface area contributed by atoms with Gasteiger partial charge in [0.05, 0.1) is 23.7 Å². The molecule has 0 fully saturated rings. The number of hydrogen-bond acceptors (Lipinski definition) is 6. The maximum Gasteiger partial charge on any atom is 0.433 e. The van der Waals surface area contributed by atoms with E-state index in [-0.39, 0.29) is 17.5 Å². The summed E-state index contributed by atoms with van der Waals surface area (Å²) in [7, 11) is 0. The van der Waals surface area contributed by atoms with Gasteiger partial charge in [-0.05, 0) is 42.5 Å². The van der Waals surface area contributed by atoms with E-state index in [1.807, 2.05) is 29.6 Å². The van der Waals surface area contributed by atoms with E-state index in [2.05, 4.69) is 26.0 Å². The van der Waals surface area contributed by atoms with E-state index in [1.165, 1.54) is 41.8 Å². The van der Waals surface area contributed by atoms with Crippen molar-refractivity contribution in [3.05, 3.63) is 97.0 Å². The molecule has 0 N–H and O–H groups in total. The third kappa shape index (κ3) is 4.44. The Labute approximate surface area is 181 Å². The summed E-state index contributed by atoms with van der Waals surface area (Å²) in [4.78, 5) is 15.3. The van der Waals surface area contributed by atoms with Gasteiger partial charge in [0.1, 0.15) is 10.7 Å². The molecule has 0 spiro atoms. The van der Waals surface area contributed by atoms with Gasteiger partial charge in [-0.1, -0.05) is 28.1 Å². The third-order valence-electron chi connectivity index (χ3n) is 3.95. The average Bonchev–Trinajstić information content (AvgIpc) is 3.35. The van der Waals surface area contributed by atoms with Gasteiger partial charge in [0.25, 0.3) is 0 Å². The molecule has 0 unspecified atom stereocenters. The largest absolute Gasteiger partial charge is 0.433 e. The first-order valence-corrected chi connectivity index (χ1v) is 10.2. The lowest BCUT2D eigenvalue weighted by Gasteiger charge is -2.04. The van der Waals surface area contributed by atoms with Crippen LogP contribution in [0.5, 0.6) is 0 Å². The Morgan fingerprint density at radius 2 is 1.97 bits per heavy atom. The number of thiazole rings is 1. The number of nitro groups is 1. The van der Waals surface area contributed by atoms with Gasteiger partial charge in [-0.25, -0.2) is 14.1 Å². The van der Waals surface area contributed by atoms with Gasteiger partial charge in [-0.2, -0.15) is 5.10 Å². The standard InChI is InChI=1S/C20H12BrFN4O3S/c21-14-3-1-2-13(10-14)18-12-30-20(24-16-6-4-15(22)5-7-16)25(18)23-11-17-8-9-19(29-17)26(27)28/h1-12H. The fourth-order valence-electron chi connectivity index (χ4n) is 2.59. The topological polar surface area (TPSA) is 85.9 Å². The van der Waals surface area contributed by atoms with Gasteiger partial charge in [-0.15, -0.1) is 11.3 Å². The molecule has 2 aromatic carbocycles. The molecule has 0 radical (unpaired) electrons. The smallest absolute Gasteiger partial charge is 0.400 e. The number of halogens is 2. The van der Waals surface area contributed by atoms with Crippen LogP contribution < -0.4 is 4.80 Å². The normalized spacial score (nSPS) is 12.0. The van der Waals surface area contributed by atoms with E-state index < -0.39 is 4.92 Å². The monoisotopic (exact) mass is 486 g/mol. The first kappa shape index (κ1) is 19.9. The van der Waals surface area contributed by atoms with Crippen molar-refractivity contribution in [1.29, 1.82) is 0 Å². The number of hydrogen-bond donors (Lipinski definition) is 0. The Kier molecular flexibility index (Phi) is 5.68. The molecular weight excluding hydrogens is 475 g/mol. The Hall–Kier alpha value is -3.37. The molecule has 4 aromatic rings. The number of benzene rings is 2. The van der Waals surface area contributed by atoms with Gasteiger partial charge >= 0.3 is 5.88 Å². The van der Waals surface area contributed by atoms with Crippen molar-refractivity contribution in [2.75, 3.05) is 0 Å². The summed E-state index contributed by atoms with van der Waals surface area (Å²) < 4.78 is 20.9. The average molecular weight is 487 g/mol. The molecule has 30 heavy (non-hydrogen) atoms. The molecule has 0 saturated carbocycles. The molecule has 0 atom stereocenters. The molecule has 4 rings (SSSR count). The lowest BCUT2D eigenvalue weighted by atomic mass is 10.2. The maximum atomic E-state index is 13.2. The molecule has 10 heteroatoms. The zero-order chi connectivity index (χ0) is 21.1. The highest BCUT2D eigenvalue weighted by Gasteiger charge is 2.12. The molecule has 0 amide bonds. The minimum atomic E-state index is -0.614. The van der Waals surface area contributed by atoms with Crippen molar-refractivity contribution < 1.29 is 13.7 Å². The van der Waals surface area contributed by atoms with Gasteiger partial charge < -0.3 is 4.42 Å². The number of rotatable bonds is 5. The van der Waals surface area contributed by atoms with E-state index >= 15 is 0 Å². The first-order chi connectivity index (χ1) is 14.5. The molecule has 0 saturated heterocycles. The van der Waals surface area contributed by atoms with E-state index in [0.29, 0.717) is 10.5 Å². The van der Waals surface area contributed by atoms with Crippen molar-refractivity contribution in [3.63, 3.8) is 0 Å². The summed E-state index contributed by atoms with van der Waals surface area (Å²) in [6.45, 7) is 0. The SMILES string of the molecule is O=[N+]([O-])c1ccc(C=Nn2c(-c3cccc(Br)c3)csc2=Nc2ccc(F)cc2)o1. The second-order valence-corrected chi connectivity index (χ2v) is 7.74. The van der Waals surface area contributed by atoms with Crippen LogP contribution in [0.4, 0.5) is 16.0 Å². The molecule has 2 aromatic heterocycles. The predicted octanol–water partition coefficient (Wildman–Crippen LogP) is 5.73. The summed E-state index contributed by atoms with van der Waals surface area (Å²) in [5.74, 6) is -0.483. The zero-order valence-corrected chi connectivity index (χ0v) is 17.5. The van der Waals surface area contributed by atoms with Crippen molar-refractivity contribution >= 4 is 45.1 Å². The molecule has 0 aliphatic heterocycles. The fourth-order valence-corrected chi connectivity index (χ4v) is 3.84. The summed E-state index contributed by atoms with van der Waals surface area (Å²) in [5.41, 5.74) is 2.22. The van der Waals surface area contributed by atoms with Crippen LogP contribution in [0.25, 0.3) is 11.3 Å². The zero-order valence-electron chi connectivity index (χ0n) is 15.1. The summed E-state index contributed by atoms with van der Waals surface area (Å²) in [5, 5.41) is 17.1. The second kappa shape index (κ2) is 8.56. The van der Waals surface area contributed by atoms with Gasteiger partial charge in [-0.3, -0.25) is 10.1 Å². The highest BCUT2D eigenvalue weighted by atomic mass is 79.9. The maximum absolute atomic E-state index is 13.2. The molecule has 150 valence electrons. The molecular formula is C20H12BrFN4O3S. The number of nitrogens with zero attached hydrogens (tertiary/aromatic N) is 4. The van der Waals surface area contributed by atoms with Crippen LogP contribution in [0.15, 0.2) is 85.0 Å². The van der Waals surface area contributed by atoms with Gasteiger partial charge in [0, 0.05) is 15.4 Å². The van der Waals surface area contributed by atoms with Crippen LogP contribution in [-0.4, -0.2) is 15.8 Å². The highest BCUT2D eigenvalue weighted by Crippen LogP contribution is 2.24. The lowest BCUT2D eigenvalue weighted by molar-refractivity contribution is -0.402. The third-order valence-corrected chi connectivity index (χ3v) is 5.26. The van der Waals surface area contributed by atoms with Crippen molar-refractivity contribution in [2.24, 2.45) is 10.1 Å². The summed E-state index contributed by atoms with van der Waals surface area (Å²) in [6, 6.07) is 16.2.